The average Bonchev–Trinajstić information content (AvgIpc) is 3.28. The van der Waals surface area contributed by atoms with Crippen LogP contribution in [0, 0.1) is 29.1 Å². The monoisotopic (exact) mass is 554 g/mol. The van der Waals surface area contributed by atoms with Gasteiger partial charge in [-0.05, 0) is 43.7 Å². The van der Waals surface area contributed by atoms with Crippen LogP contribution in [-0.2, 0) is 0 Å². The zero-order valence-corrected chi connectivity index (χ0v) is 23.0. The third kappa shape index (κ3) is 5.36. The summed E-state index contributed by atoms with van der Waals surface area (Å²) in [6, 6.07) is 7.35. The topological polar surface area (TPSA) is 151 Å². The van der Waals surface area contributed by atoms with Gasteiger partial charge in [0.25, 0.3) is 5.91 Å². The van der Waals surface area contributed by atoms with E-state index >= 15 is 0 Å². The summed E-state index contributed by atoms with van der Waals surface area (Å²) in [5.74, 6) is 3.06. The molecular formula is C29H30N8O4. The van der Waals surface area contributed by atoms with Crippen LogP contribution in [0.15, 0.2) is 49.2 Å². The van der Waals surface area contributed by atoms with Gasteiger partial charge in [0.05, 0.1) is 59.8 Å². The summed E-state index contributed by atoms with van der Waals surface area (Å²) >= 11 is 0. The second-order valence-corrected chi connectivity index (χ2v) is 11.1. The maximum atomic E-state index is 12.5. The molecule has 12 heteroatoms. The number of pyridine rings is 2. The molecule has 2 N–H and O–H groups in total. The molecule has 1 saturated carbocycles. The first-order chi connectivity index (χ1) is 19.7. The van der Waals surface area contributed by atoms with Crippen LogP contribution in [0.1, 0.15) is 29.8 Å². The van der Waals surface area contributed by atoms with E-state index < -0.39 is 5.60 Å². The van der Waals surface area contributed by atoms with Gasteiger partial charge in [-0.1, -0.05) is 0 Å². The molecule has 0 bridgehead atoms. The Morgan fingerprint density at radius 1 is 1.17 bits per heavy atom. The number of carbonyl (C=O) groups excluding carboxylic acids is 1. The molecule has 2 fully saturated rings. The second kappa shape index (κ2) is 10.3. The fraction of sp³-hybridized carbons (Fsp3) is 0.379. The third-order valence-electron chi connectivity index (χ3n) is 7.61. The van der Waals surface area contributed by atoms with E-state index in [0.29, 0.717) is 63.8 Å². The minimum atomic E-state index is -1.01. The van der Waals surface area contributed by atoms with Crippen molar-refractivity contribution in [3.63, 3.8) is 0 Å². The Balaban J connectivity index is 1.10. The maximum absolute atomic E-state index is 12.5. The fourth-order valence-electron chi connectivity index (χ4n) is 5.42. The smallest absolute Gasteiger partial charge is 0.252 e. The number of rotatable bonds is 9. The van der Waals surface area contributed by atoms with Crippen molar-refractivity contribution in [3.8, 4) is 29.0 Å². The number of carbonyl (C=O) groups is 1. The van der Waals surface area contributed by atoms with Gasteiger partial charge in [0.1, 0.15) is 24.2 Å². The molecule has 12 nitrogen and oxygen atoms in total. The molecule has 5 heterocycles. The van der Waals surface area contributed by atoms with Crippen LogP contribution in [0.5, 0.6) is 11.6 Å². The quantitative estimate of drug-likeness (QED) is 0.315. The highest BCUT2D eigenvalue weighted by Crippen LogP contribution is 2.52. The normalized spacial score (nSPS) is 19.5. The van der Waals surface area contributed by atoms with Crippen molar-refractivity contribution < 1.29 is 19.4 Å². The lowest BCUT2D eigenvalue weighted by Crippen LogP contribution is -2.31. The minimum Gasteiger partial charge on any atom is -0.489 e. The maximum Gasteiger partial charge on any atom is 0.252 e. The van der Waals surface area contributed by atoms with Gasteiger partial charge in [-0.25, -0.2) is 14.5 Å². The number of methoxy groups -OCH3 is 1. The summed E-state index contributed by atoms with van der Waals surface area (Å²) < 4.78 is 12.4. The van der Waals surface area contributed by atoms with Gasteiger partial charge in [0.15, 0.2) is 0 Å². The predicted octanol–water partition coefficient (Wildman–Crippen LogP) is 2.33. The molecular weight excluding hydrogens is 524 g/mol. The molecule has 4 aromatic heterocycles. The van der Waals surface area contributed by atoms with E-state index in [1.165, 1.54) is 19.5 Å². The molecule has 2 unspecified atom stereocenters. The predicted molar refractivity (Wildman–Crippen MR) is 149 cm³/mol. The number of nitriles is 1. The first kappa shape index (κ1) is 26.5. The number of aromatic nitrogens is 5. The Hall–Kier alpha value is -4.76. The van der Waals surface area contributed by atoms with Crippen molar-refractivity contribution >= 4 is 17.2 Å². The number of nitrogens with one attached hydrogen (secondary N) is 1. The van der Waals surface area contributed by atoms with Crippen LogP contribution in [0.2, 0.25) is 0 Å². The highest BCUT2D eigenvalue weighted by molar-refractivity contribution is 5.93. The molecule has 4 aromatic rings. The summed E-state index contributed by atoms with van der Waals surface area (Å²) in [7, 11) is 1.54. The van der Waals surface area contributed by atoms with Crippen molar-refractivity contribution in [3.05, 3.63) is 60.3 Å². The summed E-state index contributed by atoms with van der Waals surface area (Å²) in [5.41, 5.74) is 1.79. The Kier molecular flexibility index (Phi) is 6.67. The molecule has 1 aliphatic carbocycles. The second-order valence-electron chi connectivity index (χ2n) is 11.1. The number of hydrogen-bond acceptors (Lipinski definition) is 10. The van der Waals surface area contributed by atoms with E-state index in [-0.39, 0.29) is 12.5 Å². The number of ether oxygens (including phenoxy) is 2. The Morgan fingerprint density at radius 3 is 2.61 bits per heavy atom. The van der Waals surface area contributed by atoms with Gasteiger partial charge in [0.2, 0.25) is 5.88 Å². The average molecular weight is 555 g/mol. The van der Waals surface area contributed by atoms with E-state index in [1.807, 2.05) is 0 Å². The van der Waals surface area contributed by atoms with Gasteiger partial charge in [0, 0.05) is 37.5 Å². The van der Waals surface area contributed by atoms with Gasteiger partial charge >= 0.3 is 0 Å². The standard InChI is InChI=1S/C29H30N8O4/c1-29(2,39)16-41-19-6-20(27-18(7-30)9-35-37(27)13-19)24-11-32-25(12-31-24)36-14-22-21(23(22)15-36)10-34-28(38)17-4-5-26(40-3)33-8-17/h4-6,8-9,11-13,21-23,39H,10,14-16H2,1-3H3,(H,34,38). The van der Waals surface area contributed by atoms with Crippen LogP contribution in [0.25, 0.3) is 16.8 Å². The van der Waals surface area contributed by atoms with Crippen molar-refractivity contribution in [2.24, 2.45) is 17.8 Å². The number of nitrogens with zero attached hydrogens (tertiary/aromatic N) is 7. The van der Waals surface area contributed by atoms with E-state index in [4.69, 9.17) is 9.47 Å². The lowest BCUT2D eigenvalue weighted by molar-refractivity contribution is 0.0283. The lowest BCUT2D eigenvalue weighted by atomic mass is 10.1. The summed E-state index contributed by atoms with van der Waals surface area (Å²) in [4.78, 5) is 28.2. The molecule has 2 atom stereocenters. The molecule has 1 saturated heterocycles. The van der Waals surface area contributed by atoms with E-state index in [2.05, 4.69) is 36.3 Å². The van der Waals surface area contributed by atoms with Crippen molar-refractivity contribution in [2.75, 3.05) is 38.3 Å². The van der Waals surface area contributed by atoms with Crippen LogP contribution in [-0.4, -0.2) is 74.5 Å². The summed E-state index contributed by atoms with van der Waals surface area (Å²) in [6.07, 6.45) is 8.14. The zero-order chi connectivity index (χ0) is 28.7. The number of hydrogen-bond donors (Lipinski definition) is 2. The van der Waals surface area contributed by atoms with Gasteiger partial charge < -0.3 is 24.8 Å². The van der Waals surface area contributed by atoms with E-state index in [9.17, 15) is 15.2 Å². The zero-order valence-electron chi connectivity index (χ0n) is 23.0. The molecule has 2 aliphatic rings. The number of anilines is 1. The van der Waals surface area contributed by atoms with Crippen LogP contribution in [0.3, 0.4) is 0 Å². The highest BCUT2D eigenvalue weighted by atomic mass is 16.5. The summed E-state index contributed by atoms with van der Waals surface area (Å²) in [6.45, 7) is 5.77. The van der Waals surface area contributed by atoms with Crippen LogP contribution >= 0.6 is 0 Å². The molecule has 0 aromatic carbocycles. The largest absolute Gasteiger partial charge is 0.489 e. The molecule has 0 spiro atoms. The number of fused-ring (bicyclic) bond motifs is 2. The van der Waals surface area contributed by atoms with Crippen LogP contribution < -0.4 is 19.7 Å². The SMILES string of the molecule is COc1ccc(C(=O)NCC2C3CN(c4cnc(-c5cc(OCC(C)(C)O)cn6ncc(C#N)c56)cn4)CC23)cn1. The highest BCUT2D eigenvalue weighted by Gasteiger charge is 2.55. The number of amides is 1. The first-order valence-electron chi connectivity index (χ1n) is 13.4. The number of piperidine rings is 1. The van der Waals surface area contributed by atoms with Gasteiger partial charge in [-0.2, -0.15) is 10.4 Å². The molecule has 1 aliphatic heterocycles. The van der Waals surface area contributed by atoms with Crippen LogP contribution in [0.4, 0.5) is 5.82 Å². The van der Waals surface area contributed by atoms with Gasteiger partial charge in [-0.3, -0.25) is 9.78 Å². The van der Waals surface area contributed by atoms with Gasteiger partial charge in [-0.15, -0.1) is 0 Å². The Bertz CT molecular complexity index is 1610. The third-order valence-corrected chi connectivity index (χ3v) is 7.61. The molecule has 0 radical (unpaired) electrons. The van der Waals surface area contributed by atoms with Crippen molar-refractivity contribution in [1.82, 2.24) is 29.9 Å². The van der Waals surface area contributed by atoms with Crippen molar-refractivity contribution in [2.45, 2.75) is 19.4 Å². The Labute approximate surface area is 236 Å². The molecule has 1 amide bonds. The molecule has 41 heavy (non-hydrogen) atoms. The number of aliphatic hydroxyl groups is 1. The van der Waals surface area contributed by atoms with E-state index in [0.717, 1.165) is 18.9 Å². The Morgan fingerprint density at radius 2 is 1.98 bits per heavy atom. The fourth-order valence-corrected chi connectivity index (χ4v) is 5.42. The summed E-state index contributed by atoms with van der Waals surface area (Å²) in [5, 5.41) is 27.0. The van der Waals surface area contributed by atoms with E-state index in [1.54, 1.807) is 55.2 Å². The first-order valence-corrected chi connectivity index (χ1v) is 13.4. The lowest BCUT2D eigenvalue weighted by Gasteiger charge is -2.21. The van der Waals surface area contributed by atoms with Crippen molar-refractivity contribution in [1.29, 1.82) is 5.26 Å². The molecule has 210 valence electrons. The minimum absolute atomic E-state index is 0.0929. The molecule has 6 rings (SSSR count).